The zero-order chi connectivity index (χ0) is 23.5. The van der Waals surface area contributed by atoms with Gasteiger partial charge in [-0.3, -0.25) is 4.79 Å². The Balaban J connectivity index is 1.72. The minimum Gasteiger partial charge on any atom is -0.342 e. The van der Waals surface area contributed by atoms with E-state index in [0.717, 1.165) is 18.4 Å². The summed E-state index contributed by atoms with van der Waals surface area (Å²) >= 11 is 0. The maximum atomic E-state index is 14.3. The quantitative estimate of drug-likeness (QED) is 0.726. The molecule has 8 nitrogen and oxygen atoms in total. The highest BCUT2D eigenvalue weighted by molar-refractivity contribution is 5.77. The van der Waals surface area contributed by atoms with E-state index in [2.05, 4.69) is 10.6 Å². The number of urea groups is 2. The van der Waals surface area contributed by atoms with Crippen molar-refractivity contribution in [2.45, 2.75) is 46.2 Å². The van der Waals surface area contributed by atoms with Gasteiger partial charge in [-0.15, -0.1) is 0 Å². The SMILES string of the molecule is CCc1ccc(CNC(=O)N2C[C@H](N(CC)C(=O)NC)CC3(CN(C(C)=O)C3)C2)c(F)c1. The van der Waals surface area contributed by atoms with Crippen LogP contribution in [0.5, 0.6) is 0 Å². The van der Waals surface area contributed by atoms with Gasteiger partial charge in [0.05, 0.1) is 6.04 Å². The highest BCUT2D eigenvalue weighted by Crippen LogP contribution is 2.40. The molecule has 32 heavy (non-hydrogen) atoms. The third kappa shape index (κ3) is 4.97. The second-order valence-electron chi connectivity index (χ2n) is 8.89. The van der Waals surface area contributed by atoms with E-state index in [1.54, 1.807) is 34.7 Å². The molecule has 1 spiro atoms. The zero-order valence-corrected chi connectivity index (χ0v) is 19.4. The van der Waals surface area contributed by atoms with Gasteiger partial charge in [-0.25, -0.2) is 14.0 Å². The smallest absolute Gasteiger partial charge is 0.317 e. The first-order valence-corrected chi connectivity index (χ1v) is 11.3. The van der Waals surface area contributed by atoms with Crippen LogP contribution in [0.15, 0.2) is 18.2 Å². The second-order valence-corrected chi connectivity index (χ2v) is 8.89. The Morgan fingerprint density at radius 2 is 1.88 bits per heavy atom. The van der Waals surface area contributed by atoms with Crippen molar-refractivity contribution in [3.63, 3.8) is 0 Å². The molecule has 2 heterocycles. The average Bonchev–Trinajstić information content (AvgIpc) is 2.76. The fourth-order valence-electron chi connectivity index (χ4n) is 4.88. The number of carbonyl (C=O) groups excluding carboxylic acids is 3. The van der Waals surface area contributed by atoms with Gasteiger partial charge in [-0.2, -0.15) is 0 Å². The first-order chi connectivity index (χ1) is 15.2. The lowest BCUT2D eigenvalue weighted by Crippen LogP contribution is -2.69. The first kappa shape index (κ1) is 23.8. The fraction of sp³-hybridized carbons (Fsp3) is 0.609. The Morgan fingerprint density at radius 3 is 2.44 bits per heavy atom. The van der Waals surface area contributed by atoms with Crippen LogP contribution in [0.1, 0.15) is 38.3 Å². The number of likely N-dealkylation sites (N-methyl/N-ethyl adjacent to an activating group) is 1. The van der Waals surface area contributed by atoms with Crippen LogP contribution in [0.3, 0.4) is 0 Å². The van der Waals surface area contributed by atoms with Gasteiger partial charge in [0.25, 0.3) is 0 Å². The standard InChI is InChI=1S/C23H34FN5O3/c1-5-17-7-8-18(20(24)9-17)11-26-22(32)27-12-19(29(6-2)21(31)25-4)10-23(13-27)14-28(15-23)16(3)30/h7-9,19H,5-6,10-15H2,1-4H3,(H,25,31)(H,26,32)/t19-/m1/s1. The van der Waals surface area contributed by atoms with E-state index in [1.807, 2.05) is 19.9 Å². The molecule has 0 aromatic heterocycles. The van der Waals surface area contributed by atoms with Crippen LogP contribution in [-0.4, -0.2) is 78.5 Å². The predicted octanol–water partition coefficient (Wildman–Crippen LogP) is 2.18. The van der Waals surface area contributed by atoms with Crippen molar-refractivity contribution < 1.29 is 18.8 Å². The third-order valence-corrected chi connectivity index (χ3v) is 6.62. The van der Waals surface area contributed by atoms with Crippen molar-refractivity contribution >= 4 is 18.0 Å². The van der Waals surface area contributed by atoms with E-state index < -0.39 is 0 Å². The van der Waals surface area contributed by atoms with Crippen LogP contribution in [0, 0.1) is 11.2 Å². The number of rotatable bonds is 5. The normalized spacial score (nSPS) is 19.3. The molecule has 0 unspecified atom stereocenters. The van der Waals surface area contributed by atoms with Crippen molar-refractivity contribution in [1.82, 2.24) is 25.3 Å². The number of hydrogen-bond acceptors (Lipinski definition) is 3. The van der Waals surface area contributed by atoms with Crippen LogP contribution >= 0.6 is 0 Å². The number of halogens is 1. The molecule has 2 saturated heterocycles. The summed E-state index contributed by atoms with van der Waals surface area (Å²) in [6, 6.07) is 4.44. The van der Waals surface area contributed by atoms with Crippen LogP contribution in [0.4, 0.5) is 14.0 Å². The summed E-state index contributed by atoms with van der Waals surface area (Å²) in [5.41, 5.74) is 1.11. The molecule has 2 N–H and O–H groups in total. The van der Waals surface area contributed by atoms with Gasteiger partial charge in [0.2, 0.25) is 5.91 Å². The highest BCUT2D eigenvalue weighted by Gasteiger charge is 2.51. The molecule has 0 bridgehead atoms. The van der Waals surface area contributed by atoms with E-state index in [4.69, 9.17) is 0 Å². The molecular weight excluding hydrogens is 413 g/mol. The molecule has 1 aromatic rings. The Labute approximate surface area is 189 Å². The zero-order valence-electron chi connectivity index (χ0n) is 19.4. The van der Waals surface area contributed by atoms with Gasteiger partial charge >= 0.3 is 12.1 Å². The molecule has 0 saturated carbocycles. The Morgan fingerprint density at radius 1 is 1.19 bits per heavy atom. The van der Waals surface area contributed by atoms with Gasteiger partial charge < -0.3 is 25.3 Å². The van der Waals surface area contributed by atoms with Crippen LogP contribution in [-0.2, 0) is 17.8 Å². The van der Waals surface area contributed by atoms with Crippen molar-refractivity contribution in [1.29, 1.82) is 0 Å². The van der Waals surface area contributed by atoms with Gasteiger partial charge in [-0.05, 0) is 31.4 Å². The number of aryl methyl sites for hydroxylation is 1. The molecular formula is C23H34FN5O3. The number of nitrogens with zero attached hydrogens (tertiary/aromatic N) is 3. The maximum absolute atomic E-state index is 14.3. The topological polar surface area (TPSA) is 85.0 Å². The number of amides is 5. The largest absolute Gasteiger partial charge is 0.342 e. The molecule has 5 amide bonds. The van der Waals surface area contributed by atoms with E-state index in [-0.39, 0.29) is 41.8 Å². The molecule has 9 heteroatoms. The molecule has 2 aliphatic rings. The summed E-state index contributed by atoms with van der Waals surface area (Å²) in [7, 11) is 1.59. The monoisotopic (exact) mass is 447 g/mol. The third-order valence-electron chi connectivity index (χ3n) is 6.62. The number of carbonyl (C=O) groups is 3. The number of piperidine rings is 1. The summed E-state index contributed by atoms with van der Waals surface area (Å²) in [6.07, 6.45) is 1.48. The van der Waals surface area contributed by atoms with Gasteiger partial charge in [-0.1, -0.05) is 19.1 Å². The van der Waals surface area contributed by atoms with Crippen LogP contribution < -0.4 is 10.6 Å². The summed E-state index contributed by atoms with van der Waals surface area (Å²) in [5.74, 6) is -0.316. The Kier molecular flexibility index (Phi) is 7.26. The molecule has 3 rings (SSSR count). The average molecular weight is 448 g/mol. The molecule has 0 radical (unpaired) electrons. The highest BCUT2D eigenvalue weighted by atomic mass is 19.1. The minimum atomic E-state index is -0.328. The molecule has 1 aromatic carbocycles. The van der Waals surface area contributed by atoms with E-state index in [9.17, 15) is 18.8 Å². The van der Waals surface area contributed by atoms with Crippen LogP contribution in [0.25, 0.3) is 0 Å². The van der Waals surface area contributed by atoms with Crippen molar-refractivity contribution in [2.24, 2.45) is 5.41 Å². The molecule has 1 atom stereocenters. The summed E-state index contributed by atoms with van der Waals surface area (Å²) in [5, 5.41) is 5.51. The van der Waals surface area contributed by atoms with Crippen molar-refractivity contribution in [3.8, 4) is 0 Å². The second kappa shape index (κ2) is 9.75. The Bertz CT molecular complexity index is 871. The molecule has 2 aliphatic heterocycles. The fourth-order valence-corrected chi connectivity index (χ4v) is 4.88. The molecule has 2 fully saturated rings. The van der Waals surface area contributed by atoms with Gasteiger partial charge in [0, 0.05) is 64.2 Å². The molecule has 176 valence electrons. The first-order valence-electron chi connectivity index (χ1n) is 11.3. The number of benzene rings is 1. The summed E-state index contributed by atoms with van der Waals surface area (Å²) < 4.78 is 14.3. The van der Waals surface area contributed by atoms with Crippen LogP contribution in [0.2, 0.25) is 0 Å². The lowest BCUT2D eigenvalue weighted by atomic mass is 9.71. The van der Waals surface area contributed by atoms with E-state index >= 15 is 0 Å². The van der Waals surface area contributed by atoms with E-state index in [1.165, 1.54) is 6.07 Å². The Hall–Kier alpha value is -2.84. The number of likely N-dealkylation sites (tertiary alicyclic amines) is 2. The maximum Gasteiger partial charge on any atom is 0.317 e. The van der Waals surface area contributed by atoms with E-state index in [0.29, 0.717) is 38.3 Å². The van der Waals surface area contributed by atoms with Crippen molar-refractivity contribution in [3.05, 3.63) is 35.1 Å². The number of hydrogen-bond donors (Lipinski definition) is 2. The van der Waals surface area contributed by atoms with Crippen molar-refractivity contribution in [2.75, 3.05) is 39.8 Å². The minimum absolute atomic E-state index is 0.0124. The lowest BCUT2D eigenvalue weighted by Gasteiger charge is -2.57. The van der Waals surface area contributed by atoms with Gasteiger partial charge in [0.15, 0.2) is 0 Å². The summed E-state index contributed by atoms with van der Waals surface area (Å²) in [6.45, 7) is 8.06. The molecule has 0 aliphatic carbocycles. The predicted molar refractivity (Wildman–Crippen MR) is 120 cm³/mol. The number of nitrogens with one attached hydrogen (secondary N) is 2. The summed E-state index contributed by atoms with van der Waals surface area (Å²) in [4.78, 5) is 42.4. The van der Waals surface area contributed by atoms with Gasteiger partial charge in [0.1, 0.15) is 5.82 Å². The lowest BCUT2D eigenvalue weighted by molar-refractivity contribution is -0.145.